The average molecular weight is 357 g/mol. The molecule has 2 rings (SSSR count). The van der Waals surface area contributed by atoms with Gasteiger partial charge in [-0.2, -0.15) is 8.42 Å². The first-order chi connectivity index (χ1) is 10.8. The van der Waals surface area contributed by atoms with E-state index in [4.69, 9.17) is 20.9 Å². The van der Waals surface area contributed by atoms with Crippen LogP contribution in [0, 0.1) is 0 Å². The first-order valence-corrected chi connectivity index (χ1v) is 8.10. The van der Waals surface area contributed by atoms with Crippen molar-refractivity contribution in [1.82, 2.24) is 0 Å². The van der Waals surface area contributed by atoms with Crippen LogP contribution in [0.3, 0.4) is 0 Å². The van der Waals surface area contributed by atoms with E-state index in [9.17, 15) is 13.2 Å². The van der Waals surface area contributed by atoms with Crippen LogP contribution in [-0.2, 0) is 10.1 Å². The van der Waals surface area contributed by atoms with Crippen molar-refractivity contribution in [2.75, 3.05) is 17.7 Å². The number of carbonyl (C=O) groups excluding carboxylic acids is 1. The number of nitrogens with one attached hydrogen (secondary N) is 2. The molecule has 0 unspecified atom stereocenters. The summed E-state index contributed by atoms with van der Waals surface area (Å²) in [6, 6.07) is 9.29. The minimum atomic E-state index is -4.35. The molecule has 0 saturated carbocycles. The minimum absolute atomic E-state index is 0.193. The number of halogens is 1. The van der Waals surface area contributed by atoms with Crippen molar-refractivity contribution in [2.24, 2.45) is 0 Å². The lowest BCUT2D eigenvalue weighted by atomic mass is 10.3. The van der Waals surface area contributed by atoms with Crippen molar-refractivity contribution in [2.45, 2.75) is 4.90 Å². The van der Waals surface area contributed by atoms with E-state index in [0.717, 1.165) is 6.07 Å². The monoisotopic (exact) mass is 356 g/mol. The largest absolute Gasteiger partial charge is 0.495 e. The van der Waals surface area contributed by atoms with E-state index in [1.165, 1.54) is 31.4 Å². The molecule has 0 aliphatic rings. The fourth-order valence-electron chi connectivity index (χ4n) is 1.80. The highest BCUT2D eigenvalue weighted by molar-refractivity contribution is 7.85. The van der Waals surface area contributed by atoms with E-state index >= 15 is 0 Å². The van der Waals surface area contributed by atoms with Gasteiger partial charge in [0.15, 0.2) is 0 Å². The molecule has 7 nitrogen and oxygen atoms in total. The zero-order valence-corrected chi connectivity index (χ0v) is 13.5. The second kappa shape index (κ2) is 6.86. The number of anilines is 2. The molecule has 0 saturated heterocycles. The Balaban J connectivity index is 2.16. The van der Waals surface area contributed by atoms with Gasteiger partial charge in [0.2, 0.25) is 0 Å². The van der Waals surface area contributed by atoms with Crippen LogP contribution in [0.25, 0.3) is 0 Å². The molecule has 0 spiro atoms. The molecule has 122 valence electrons. The summed E-state index contributed by atoms with van der Waals surface area (Å²) in [6.45, 7) is 0. The number of hydrogen-bond donors (Lipinski definition) is 3. The van der Waals surface area contributed by atoms with Crippen LogP contribution in [-0.4, -0.2) is 26.1 Å². The van der Waals surface area contributed by atoms with Gasteiger partial charge in [-0.25, -0.2) is 4.79 Å². The van der Waals surface area contributed by atoms with Crippen molar-refractivity contribution in [3.05, 3.63) is 47.5 Å². The van der Waals surface area contributed by atoms with Crippen LogP contribution in [0.15, 0.2) is 47.4 Å². The van der Waals surface area contributed by atoms with E-state index in [0.29, 0.717) is 16.5 Å². The van der Waals surface area contributed by atoms with Gasteiger partial charge >= 0.3 is 6.03 Å². The van der Waals surface area contributed by atoms with Gasteiger partial charge in [-0.1, -0.05) is 17.7 Å². The first kappa shape index (κ1) is 17.1. The Morgan fingerprint density at radius 2 is 1.91 bits per heavy atom. The highest BCUT2D eigenvalue weighted by Gasteiger charge is 2.12. The number of methoxy groups -OCH3 is 1. The molecule has 0 aliphatic heterocycles. The third-order valence-corrected chi connectivity index (χ3v) is 3.88. The predicted molar refractivity (Wildman–Crippen MR) is 86.9 cm³/mol. The van der Waals surface area contributed by atoms with Crippen LogP contribution < -0.4 is 15.4 Å². The Labute approximate surface area is 138 Å². The molecule has 2 amide bonds. The van der Waals surface area contributed by atoms with Crippen molar-refractivity contribution in [3.63, 3.8) is 0 Å². The Hall–Kier alpha value is -2.29. The third kappa shape index (κ3) is 4.59. The summed E-state index contributed by atoms with van der Waals surface area (Å²) in [6.07, 6.45) is 0. The van der Waals surface area contributed by atoms with Crippen LogP contribution in [0.1, 0.15) is 0 Å². The molecule has 0 heterocycles. The molecule has 9 heteroatoms. The number of carbonyl (C=O) groups is 1. The number of hydrogen-bond acceptors (Lipinski definition) is 4. The van der Waals surface area contributed by atoms with Gasteiger partial charge in [-0.05, 0) is 36.4 Å². The third-order valence-electron chi connectivity index (χ3n) is 2.80. The molecule has 0 atom stereocenters. The molecular formula is C14H13ClN2O5S. The summed E-state index contributed by atoms with van der Waals surface area (Å²) in [5.74, 6) is 0.413. The van der Waals surface area contributed by atoms with Crippen molar-refractivity contribution >= 4 is 39.1 Å². The Bertz CT molecular complexity index is 839. The number of benzene rings is 2. The summed E-state index contributed by atoms with van der Waals surface area (Å²) in [7, 11) is -2.90. The van der Waals surface area contributed by atoms with Crippen LogP contribution in [0.2, 0.25) is 5.02 Å². The predicted octanol–water partition coefficient (Wildman–Crippen LogP) is 3.24. The molecule has 23 heavy (non-hydrogen) atoms. The minimum Gasteiger partial charge on any atom is -0.495 e. The van der Waals surface area contributed by atoms with E-state index < -0.39 is 16.1 Å². The maximum atomic E-state index is 12.0. The Morgan fingerprint density at radius 3 is 2.57 bits per heavy atom. The van der Waals surface area contributed by atoms with Gasteiger partial charge in [0.25, 0.3) is 10.1 Å². The fourth-order valence-corrected chi connectivity index (χ4v) is 2.50. The van der Waals surface area contributed by atoms with Gasteiger partial charge < -0.3 is 15.4 Å². The van der Waals surface area contributed by atoms with Crippen LogP contribution in [0.5, 0.6) is 5.75 Å². The molecule has 0 aromatic heterocycles. The number of urea groups is 1. The second-order valence-electron chi connectivity index (χ2n) is 4.43. The maximum absolute atomic E-state index is 12.0. The average Bonchev–Trinajstić information content (AvgIpc) is 2.46. The zero-order valence-electron chi connectivity index (χ0n) is 11.9. The van der Waals surface area contributed by atoms with E-state index in [2.05, 4.69) is 10.6 Å². The van der Waals surface area contributed by atoms with Crippen molar-refractivity contribution < 1.29 is 22.5 Å². The number of ether oxygens (including phenoxy) is 1. The summed E-state index contributed by atoms with van der Waals surface area (Å²) in [5.41, 5.74) is 0.544. The van der Waals surface area contributed by atoms with E-state index in [-0.39, 0.29) is 10.6 Å². The second-order valence-corrected chi connectivity index (χ2v) is 6.28. The molecular weight excluding hydrogens is 344 g/mol. The Kier molecular flexibility index (Phi) is 5.09. The van der Waals surface area contributed by atoms with Crippen LogP contribution >= 0.6 is 11.6 Å². The van der Waals surface area contributed by atoms with Gasteiger partial charge in [0.1, 0.15) is 5.75 Å². The van der Waals surface area contributed by atoms with E-state index in [1.54, 1.807) is 12.1 Å². The molecule has 0 aliphatic carbocycles. The molecule has 2 aromatic rings. The van der Waals surface area contributed by atoms with Crippen LogP contribution in [0.4, 0.5) is 16.2 Å². The normalized spacial score (nSPS) is 10.9. The smallest absolute Gasteiger partial charge is 0.323 e. The summed E-state index contributed by atoms with van der Waals surface area (Å²) in [4.78, 5) is 11.7. The molecule has 3 N–H and O–H groups in total. The molecule has 0 radical (unpaired) electrons. The zero-order chi connectivity index (χ0) is 17.0. The lowest BCUT2D eigenvalue weighted by Gasteiger charge is -2.12. The fraction of sp³-hybridized carbons (Fsp3) is 0.0714. The standard InChI is InChI=1S/C14H13ClN2O5S/c1-22-13-6-5-9(15)7-12(13)17-14(18)16-10-3-2-4-11(8-10)23(19,20)21/h2-8H,1H3,(H2,16,17,18)(H,19,20,21). The van der Waals surface area contributed by atoms with Crippen molar-refractivity contribution in [1.29, 1.82) is 0 Å². The summed E-state index contributed by atoms with van der Waals surface area (Å²) in [5, 5.41) is 5.40. The highest BCUT2D eigenvalue weighted by atomic mass is 35.5. The maximum Gasteiger partial charge on any atom is 0.323 e. The van der Waals surface area contributed by atoms with Gasteiger partial charge in [0.05, 0.1) is 17.7 Å². The number of rotatable bonds is 4. The highest BCUT2D eigenvalue weighted by Crippen LogP contribution is 2.27. The molecule has 2 aromatic carbocycles. The van der Waals surface area contributed by atoms with Gasteiger partial charge in [-0.15, -0.1) is 0 Å². The van der Waals surface area contributed by atoms with Crippen molar-refractivity contribution in [3.8, 4) is 5.75 Å². The lowest BCUT2D eigenvalue weighted by Crippen LogP contribution is -2.20. The summed E-state index contributed by atoms with van der Waals surface area (Å²) < 4.78 is 36.3. The first-order valence-electron chi connectivity index (χ1n) is 6.28. The topological polar surface area (TPSA) is 105 Å². The number of amides is 2. The SMILES string of the molecule is COc1ccc(Cl)cc1NC(=O)Nc1cccc(S(=O)(=O)O)c1. The van der Waals surface area contributed by atoms with E-state index in [1.807, 2.05) is 0 Å². The van der Waals surface area contributed by atoms with Gasteiger partial charge in [0, 0.05) is 10.7 Å². The lowest BCUT2D eigenvalue weighted by molar-refractivity contribution is 0.262. The molecule has 0 bridgehead atoms. The quantitative estimate of drug-likeness (QED) is 0.729. The Morgan fingerprint density at radius 1 is 1.17 bits per heavy atom. The summed E-state index contributed by atoms with van der Waals surface area (Å²) >= 11 is 5.87. The molecule has 0 fully saturated rings. The van der Waals surface area contributed by atoms with Gasteiger partial charge in [-0.3, -0.25) is 4.55 Å².